The third-order valence-corrected chi connectivity index (χ3v) is 13.6. The molecule has 1 fully saturated rings. The van der Waals surface area contributed by atoms with Crippen molar-refractivity contribution in [2.24, 2.45) is 5.92 Å². The number of unbranched alkanes of at least 4 members (excludes halogenated alkanes) is 2. The quantitative estimate of drug-likeness (QED) is 0.0481. The second-order valence-corrected chi connectivity index (χ2v) is 17.7. The Bertz CT molecular complexity index is 1720. The number of hydrogen-bond donors (Lipinski definition) is 2. The number of nitrogens with one attached hydrogen (secondary N) is 1. The largest absolute Gasteiger partial charge is 0.484 e. The zero-order chi connectivity index (χ0) is 36.8. The lowest BCUT2D eigenvalue weighted by Gasteiger charge is -2.45. The molecule has 0 bridgehead atoms. The molecule has 1 heterocycles. The number of carboxylic acid groups (broad SMARTS) is 1. The van der Waals surface area contributed by atoms with Gasteiger partial charge in [-0.2, -0.15) is 0 Å². The molecule has 0 aromatic heterocycles. The summed E-state index contributed by atoms with van der Waals surface area (Å²) in [7, 11) is -3.01. The summed E-state index contributed by atoms with van der Waals surface area (Å²) in [5, 5.41) is 13.1. The van der Waals surface area contributed by atoms with E-state index in [1.54, 1.807) is 91.9 Å². The van der Waals surface area contributed by atoms with E-state index < -0.39 is 44.0 Å². The van der Waals surface area contributed by atoms with Gasteiger partial charge >= 0.3 is 5.97 Å². The smallest absolute Gasteiger partial charge is 0.310 e. The minimum Gasteiger partial charge on any atom is -0.484 e. The van der Waals surface area contributed by atoms with Crippen LogP contribution in [0.5, 0.6) is 5.75 Å². The Morgan fingerprint density at radius 2 is 1.63 bits per heavy atom. The molecule has 2 N–H and O–H groups in total. The lowest BCUT2D eigenvalue weighted by atomic mass is 9.85. The molecule has 4 unspecified atom stereocenters. The van der Waals surface area contributed by atoms with Crippen LogP contribution < -0.4 is 10.1 Å². The van der Waals surface area contributed by atoms with Crippen molar-refractivity contribution >= 4 is 53.3 Å². The number of hydrogen-bond acceptors (Lipinski definition) is 8. The number of carbonyl (C=O) groups is 3. The summed E-state index contributed by atoms with van der Waals surface area (Å²) in [6.07, 6.45) is 5.75. The molecule has 274 valence electrons. The number of likely N-dealkylation sites (tertiary alicyclic amines) is 1. The van der Waals surface area contributed by atoms with E-state index in [2.05, 4.69) is 33.1 Å². The number of ether oxygens (including phenoxy) is 1. The minimum atomic E-state index is -3.84. The summed E-state index contributed by atoms with van der Waals surface area (Å²) < 4.78 is 34.3. The fourth-order valence-corrected chi connectivity index (χ4v) is 10.2. The molecule has 0 spiro atoms. The Kier molecular flexibility index (Phi) is 15.8. The van der Waals surface area contributed by atoms with Crippen molar-refractivity contribution in [2.75, 3.05) is 19.7 Å². The summed E-state index contributed by atoms with van der Waals surface area (Å²) in [5.74, 6) is -2.05. The maximum Gasteiger partial charge on any atom is 0.310 e. The summed E-state index contributed by atoms with van der Waals surface area (Å²) in [6.45, 7) is 4.87. The average molecular weight is 800 g/mol. The predicted molar refractivity (Wildman–Crippen MR) is 206 cm³/mol. The number of benzene rings is 3. The number of amides is 1. The number of carbonyl (C=O) groups excluding carboxylic acids is 2. The molecule has 4 atom stereocenters. The molecule has 0 aliphatic carbocycles. The summed E-state index contributed by atoms with van der Waals surface area (Å²) in [6, 6.07) is 23.0. The second-order valence-electron chi connectivity index (χ2n) is 12.8. The zero-order valence-electron chi connectivity index (χ0n) is 29.1. The lowest BCUT2D eigenvalue weighted by Crippen LogP contribution is -2.61. The minimum absolute atomic E-state index is 0.0351. The molecule has 12 heteroatoms. The Labute approximate surface area is 313 Å². The number of rotatable bonds is 21. The van der Waals surface area contributed by atoms with Crippen molar-refractivity contribution in [1.82, 2.24) is 10.2 Å². The number of halogens is 1. The van der Waals surface area contributed by atoms with E-state index in [9.17, 15) is 27.9 Å². The van der Waals surface area contributed by atoms with E-state index in [0.717, 1.165) is 40.9 Å². The number of nitrogens with zero attached hydrogens (tertiary/aromatic N) is 1. The molecule has 9 nitrogen and oxygen atoms in total. The maximum absolute atomic E-state index is 13.8. The van der Waals surface area contributed by atoms with Crippen molar-refractivity contribution in [3.8, 4) is 5.75 Å². The number of ketones is 1. The average Bonchev–Trinajstić information content (AvgIpc) is 3.10. The van der Waals surface area contributed by atoms with E-state index >= 15 is 0 Å². The first-order chi connectivity index (χ1) is 24.5. The van der Waals surface area contributed by atoms with Crippen LogP contribution in [-0.2, 0) is 18.5 Å². The fourth-order valence-electron chi connectivity index (χ4n) is 6.09. The first kappa shape index (κ1) is 40.3. The van der Waals surface area contributed by atoms with Gasteiger partial charge in [0.1, 0.15) is 5.75 Å². The van der Waals surface area contributed by atoms with Gasteiger partial charge in [0.15, 0.2) is 12.4 Å². The first-order valence-electron chi connectivity index (χ1n) is 17.4. The van der Waals surface area contributed by atoms with Crippen LogP contribution >= 0.6 is 26.7 Å². The highest BCUT2D eigenvalue weighted by molar-refractivity contribution is 9.10. The van der Waals surface area contributed by atoms with Crippen LogP contribution in [0.2, 0.25) is 0 Å². The third-order valence-electron chi connectivity index (χ3n) is 9.09. The molecule has 1 saturated heterocycles. The van der Waals surface area contributed by atoms with Crippen LogP contribution in [0, 0.1) is 5.92 Å². The number of aliphatic carboxylic acids is 1. The van der Waals surface area contributed by atoms with Crippen molar-refractivity contribution in [3.05, 3.63) is 107 Å². The fraction of sp³-hybridized carbons (Fsp3) is 0.410. The normalized spacial score (nSPS) is 15.9. The predicted octanol–water partition coefficient (Wildman–Crippen LogP) is 7.77. The van der Waals surface area contributed by atoms with Gasteiger partial charge in [-0.15, -0.1) is 0 Å². The molecule has 0 radical (unpaired) electrons. The molecule has 4 rings (SSSR count). The molecule has 3 aromatic rings. The van der Waals surface area contributed by atoms with Gasteiger partial charge in [-0.1, -0.05) is 102 Å². The van der Waals surface area contributed by atoms with Crippen molar-refractivity contribution in [2.45, 2.75) is 81.0 Å². The number of Topliss-reactive ketones (excluding diaryl/α,β-unsaturated/α-hetero) is 1. The lowest BCUT2D eigenvalue weighted by molar-refractivity contribution is -0.141. The Hall–Kier alpha value is -3.45. The highest BCUT2D eigenvalue weighted by atomic mass is 79.9. The molecule has 1 aliphatic heterocycles. The molecule has 1 amide bonds. The van der Waals surface area contributed by atoms with Gasteiger partial charge in [0, 0.05) is 27.7 Å². The molecular weight excluding hydrogens is 752 g/mol. The maximum atomic E-state index is 13.8. The molecule has 1 aliphatic rings. The highest BCUT2D eigenvalue weighted by Crippen LogP contribution is 2.37. The first-order valence-corrected chi connectivity index (χ1v) is 21.0. The van der Waals surface area contributed by atoms with Gasteiger partial charge in [0.05, 0.1) is 16.9 Å². The van der Waals surface area contributed by atoms with Gasteiger partial charge in [-0.3, -0.25) is 19.3 Å². The zero-order valence-corrected chi connectivity index (χ0v) is 32.3. The van der Waals surface area contributed by atoms with E-state index in [1.807, 2.05) is 6.07 Å². The van der Waals surface area contributed by atoms with E-state index in [-0.39, 0.29) is 30.1 Å². The van der Waals surface area contributed by atoms with E-state index in [4.69, 9.17) is 4.74 Å². The number of allylic oxidation sites excluding steroid dienone is 1. The topological polar surface area (TPSA) is 130 Å². The van der Waals surface area contributed by atoms with Gasteiger partial charge in [-0.25, -0.2) is 8.42 Å². The Balaban J connectivity index is 1.67. The Morgan fingerprint density at radius 3 is 2.22 bits per heavy atom. The van der Waals surface area contributed by atoms with Gasteiger partial charge in [-0.05, 0) is 86.5 Å². The van der Waals surface area contributed by atoms with Gasteiger partial charge < -0.3 is 15.2 Å². The molecular formula is C39H47BrN2O7S2. The molecule has 3 aromatic carbocycles. The van der Waals surface area contributed by atoms with Crippen molar-refractivity contribution < 1.29 is 32.6 Å². The van der Waals surface area contributed by atoms with Crippen LogP contribution in [0.3, 0.4) is 0 Å². The van der Waals surface area contributed by atoms with Crippen molar-refractivity contribution in [1.29, 1.82) is 0 Å². The second kappa shape index (κ2) is 20.0. The van der Waals surface area contributed by atoms with Crippen LogP contribution in [0.1, 0.15) is 69.2 Å². The van der Waals surface area contributed by atoms with Crippen LogP contribution in [0.25, 0.3) is 0 Å². The SMILES string of the molecule is CCCCCC(SS(=O)(=O)c1ccccc1)C(NC(=O)COc1ccccc1)C(CC(C(=O)O)C(C)=CCC(=O)c1ccc(Br)cc1)N1CCC1. The van der Waals surface area contributed by atoms with Crippen LogP contribution in [-0.4, -0.2) is 73.1 Å². The van der Waals surface area contributed by atoms with Crippen LogP contribution in [0.15, 0.2) is 106 Å². The van der Waals surface area contributed by atoms with E-state index in [0.29, 0.717) is 36.4 Å². The third kappa shape index (κ3) is 12.3. The standard InChI is InChI=1S/C39H47BrN2O7S2/c1-3-4-7-17-36(50-51(47,48)32-15-10-6-11-16-32)38(41-37(44)27-49-31-13-8-5-9-14-31)34(42-24-12-25-42)26-33(39(45)46)28(2)18-23-35(43)29-19-21-30(40)22-20-29/h5-6,8-11,13-16,18-22,33-34,36,38H,3-4,7,12,17,23-27H2,1-2H3,(H,41,44)(H,45,46). The van der Waals surface area contributed by atoms with Crippen LogP contribution in [0.4, 0.5) is 0 Å². The monoisotopic (exact) mass is 798 g/mol. The molecule has 0 saturated carbocycles. The summed E-state index contributed by atoms with van der Waals surface area (Å²) in [4.78, 5) is 41.8. The van der Waals surface area contributed by atoms with Gasteiger partial charge in [0.2, 0.25) is 8.87 Å². The Morgan fingerprint density at radius 1 is 0.980 bits per heavy atom. The number of carboxylic acids is 1. The van der Waals surface area contributed by atoms with Crippen molar-refractivity contribution in [3.63, 3.8) is 0 Å². The summed E-state index contributed by atoms with van der Waals surface area (Å²) in [5.41, 5.74) is 1.06. The summed E-state index contributed by atoms with van der Waals surface area (Å²) >= 11 is 3.38. The highest BCUT2D eigenvalue weighted by Gasteiger charge is 2.41. The molecule has 51 heavy (non-hydrogen) atoms. The van der Waals surface area contributed by atoms with E-state index in [1.165, 1.54) is 0 Å². The van der Waals surface area contributed by atoms with Gasteiger partial charge in [0.25, 0.3) is 5.91 Å². The number of para-hydroxylation sites is 1.